The first kappa shape index (κ1) is 19.6. The Kier molecular flexibility index (Phi) is 7.91. The number of hydrogen-bond acceptors (Lipinski definition) is 3. The standard InChI is InChI=1S/C17H26N4O3/c1-5-21(10-15(22)19-12(2)3)11-16(23)20-14-8-6-13(7-9-14)17(24)18-4/h6-9,12H,5,10-11H2,1-4H3,(H,18,24)(H,19,22)(H,20,23)/p+1. The molecule has 0 aliphatic rings. The monoisotopic (exact) mass is 335 g/mol. The average Bonchev–Trinajstić information content (AvgIpc) is 2.53. The van der Waals surface area contributed by atoms with Crippen molar-refractivity contribution in [2.24, 2.45) is 0 Å². The van der Waals surface area contributed by atoms with Crippen molar-refractivity contribution in [3.05, 3.63) is 29.8 Å². The fourth-order valence-electron chi connectivity index (χ4n) is 2.19. The lowest BCUT2D eigenvalue weighted by atomic mass is 10.2. The number of hydrogen-bond donors (Lipinski definition) is 4. The molecule has 24 heavy (non-hydrogen) atoms. The van der Waals surface area contributed by atoms with Gasteiger partial charge in [-0.05, 0) is 45.0 Å². The number of anilines is 1. The van der Waals surface area contributed by atoms with Gasteiger partial charge in [0.25, 0.3) is 17.7 Å². The maximum absolute atomic E-state index is 12.1. The molecule has 1 unspecified atom stereocenters. The van der Waals surface area contributed by atoms with E-state index < -0.39 is 0 Å². The quantitative estimate of drug-likeness (QED) is 0.512. The molecular formula is C17H27N4O3+. The summed E-state index contributed by atoms with van der Waals surface area (Å²) >= 11 is 0. The molecule has 0 heterocycles. The van der Waals surface area contributed by atoms with Gasteiger partial charge < -0.3 is 20.9 Å². The third-order valence-electron chi connectivity index (χ3n) is 3.43. The highest BCUT2D eigenvalue weighted by molar-refractivity contribution is 5.95. The number of amides is 3. The van der Waals surface area contributed by atoms with Crippen molar-refractivity contribution >= 4 is 23.4 Å². The van der Waals surface area contributed by atoms with E-state index >= 15 is 0 Å². The first-order chi connectivity index (χ1) is 11.3. The zero-order valence-electron chi connectivity index (χ0n) is 14.7. The van der Waals surface area contributed by atoms with Gasteiger partial charge >= 0.3 is 0 Å². The van der Waals surface area contributed by atoms with Gasteiger partial charge in [0.05, 0.1) is 6.54 Å². The maximum atomic E-state index is 12.1. The Labute approximate surface area is 142 Å². The van der Waals surface area contributed by atoms with Crippen molar-refractivity contribution in [2.45, 2.75) is 26.8 Å². The minimum atomic E-state index is -0.175. The number of nitrogens with one attached hydrogen (secondary N) is 4. The van der Waals surface area contributed by atoms with E-state index in [9.17, 15) is 14.4 Å². The van der Waals surface area contributed by atoms with Crippen molar-refractivity contribution in [1.29, 1.82) is 0 Å². The Morgan fingerprint density at radius 2 is 1.62 bits per heavy atom. The third kappa shape index (κ3) is 6.78. The first-order valence-electron chi connectivity index (χ1n) is 8.10. The SMILES string of the molecule is CC[NH+](CC(=O)Nc1ccc(C(=O)NC)cc1)CC(=O)NC(C)C. The number of benzene rings is 1. The molecule has 0 aliphatic carbocycles. The van der Waals surface area contributed by atoms with Gasteiger partial charge in [-0.25, -0.2) is 0 Å². The molecule has 0 radical (unpaired) electrons. The molecule has 132 valence electrons. The lowest BCUT2D eigenvalue weighted by molar-refractivity contribution is -0.881. The highest BCUT2D eigenvalue weighted by atomic mass is 16.2. The minimum Gasteiger partial charge on any atom is -0.355 e. The molecule has 1 aromatic carbocycles. The topological polar surface area (TPSA) is 91.7 Å². The van der Waals surface area contributed by atoms with Crippen molar-refractivity contribution in [3.63, 3.8) is 0 Å². The number of likely N-dealkylation sites (N-methyl/N-ethyl adjacent to an activating group) is 1. The van der Waals surface area contributed by atoms with E-state index in [2.05, 4.69) is 16.0 Å². The summed E-state index contributed by atoms with van der Waals surface area (Å²) in [5.74, 6) is -0.410. The summed E-state index contributed by atoms with van der Waals surface area (Å²) in [7, 11) is 1.57. The van der Waals surface area contributed by atoms with E-state index in [0.29, 0.717) is 17.8 Å². The Morgan fingerprint density at radius 1 is 1.04 bits per heavy atom. The highest BCUT2D eigenvalue weighted by Crippen LogP contribution is 2.09. The fourth-order valence-corrected chi connectivity index (χ4v) is 2.19. The van der Waals surface area contributed by atoms with Gasteiger partial charge in [0.2, 0.25) is 0 Å². The van der Waals surface area contributed by atoms with E-state index in [4.69, 9.17) is 0 Å². The van der Waals surface area contributed by atoms with Crippen LogP contribution in [0.5, 0.6) is 0 Å². The summed E-state index contributed by atoms with van der Waals surface area (Å²) in [5.41, 5.74) is 1.15. The van der Waals surface area contributed by atoms with Gasteiger partial charge in [0, 0.05) is 24.3 Å². The number of rotatable bonds is 8. The van der Waals surface area contributed by atoms with Crippen molar-refractivity contribution in [2.75, 3.05) is 32.0 Å². The van der Waals surface area contributed by atoms with Gasteiger partial charge in [-0.15, -0.1) is 0 Å². The van der Waals surface area contributed by atoms with Gasteiger partial charge in [-0.1, -0.05) is 0 Å². The van der Waals surface area contributed by atoms with Crippen LogP contribution in [0.25, 0.3) is 0 Å². The molecule has 0 fully saturated rings. The van der Waals surface area contributed by atoms with Crippen molar-refractivity contribution < 1.29 is 19.3 Å². The minimum absolute atomic E-state index is 0.0652. The molecule has 0 bridgehead atoms. The molecule has 1 atom stereocenters. The summed E-state index contributed by atoms with van der Waals surface area (Å²) in [4.78, 5) is 36.3. The molecule has 0 aliphatic heterocycles. The summed E-state index contributed by atoms with van der Waals surface area (Å²) in [6.07, 6.45) is 0. The molecule has 4 N–H and O–H groups in total. The molecule has 0 aromatic heterocycles. The number of carbonyl (C=O) groups excluding carboxylic acids is 3. The van der Waals surface area contributed by atoms with E-state index in [-0.39, 0.29) is 36.9 Å². The van der Waals surface area contributed by atoms with Crippen LogP contribution < -0.4 is 20.9 Å². The van der Waals surface area contributed by atoms with Crippen LogP contribution in [0.3, 0.4) is 0 Å². The zero-order valence-corrected chi connectivity index (χ0v) is 14.7. The van der Waals surface area contributed by atoms with Crippen LogP contribution in [0, 0.1) is 0 Å². The van der Waals surface area contributed by atoms with Crippen LogP contribution >= 0.6 is 0 Å². The maximum Gasteiger partial charge on any atom is 0.279 e. The first-order valence-corrected chi connectivity index (χ1v) is 8.10. The van der Waals surface area contributed by atoms with Crippen LogP contribution in [0.2, 0.25) is 0 Å². The van der Waals surface area contributed by atoms with E-state index in [1.165, 1.54) is 0 Å². The van der Waals surface area contributed by atoms with Crippen molar-refractivity contribution in [3.8, 4) is 0 Å². The second-order valence-corrected chi connectivity index (χ2v) is 5.88. The summed E-state index contributed by atoms with van der Waals surface area (Å²) < 4.78 is 0. The van der Waals surface area contributed by atoms with Crippen LogP contribution in [0.15, 0.2) is 24.3 Å². The second-order valence-electron chi connectivity index (χ2n) is 5.88. The molecule has 1 rings (SSSR count). The van der Waals surface area contributed by atoms with Gasteiger partial charge in [-0.3, -0.25) is 14.4 Å². The Hall–Kier alpha value is -2.41. The molecule has 0 saturated carbocycles. The second kappa shape index (κ2) is 9.67. The van der Waals surface area contributed by atoms with Crippen LogP contribution in [-0.4, -0.2) is 50.4 Å². The smallest absolute Gasteiger partial charge is 0.279 e. The zero-order chi connectivity index (χ0) is 18.1. The van der Waals surface area contributed by atoms with Crippen LogP contribution in [0.1, 0.15) is 31.1 Å². The van der Waals surface area contributed by atoms with E-state index in [1.54, 1.807) is 31.3 Å². The lowest BCUT2D eigenvalue weighted by Gasteiger charge is -2.17. The van der Waals surface area contributed by atoms with E-state index in [0.717, 1.165) is 4.90 Å². The van der Waals surface area contributed by atoms with Crippen LogP contribution in [0.4, 0.5) is 5.69 Å². The number of quaternary nitrogens is 1. The Balaban J connectivity index is 2.54. The number of carbonyl (C=O) groups is 3. The van der Waals surface area contributed by atoms with Gasteiger partial charge in [0.1, 0.15) is 0 Å². The molecule has 0 spiro atoms. The summed E-state index contributed by atoms with van der Waals surface area (Å²) in [5, 5.41) is 8.14. The molecule has 7 heteroatoms. The van der Waals surface area contributed by atoms with Crippen LogP contribution in [-0.2, 0) is 9.59 Å². The summed E-state index contributed by atoms with van der Waals surface area (Å²) in [6, 6.07) is 6.74. The van der Waals surface area contributed by atoms with E-state index in [1.807, 2.05) is 20.8 Å². The fraction of sp³-hybridized carbons (Fsp3) is 0.471. The average molecular weight is 335 g/mol. The predicted octanol–water partition coefficient (Wildman–Crippen LogP) is -0.586. The largest absolute Gasteiger partial charge is 0.355 e. The predicted molar refractivity (Wildman–Crippen MR) is 93.0 cm³/mol. The molecule has 1 aromatic rings. The Bertz CT molecular complexity index is 570. The third-order valence-corrected chi connectivity index (χ3v) is 3.43. The van der Waals surface area contributed by atoms with Gasteiger partial charge in [0.15, 0.2) is 13.1 Å². The van der Waals surface area contributed by atoms with Crippen molar-refractivity contribution in [1.82, 2.24) is 10.6 Å². The molecule has 3 amide bonds. The van der Waals surface area contributed by atoms with Gasteiger partial charge in [-0.2, -0.15) is 0 Å². The molecular weight excluding hydrogens is 308 g/mol. The highest BCUT2D eigenvalue weighted by Gasteiger charge is 2.17. The molecule has 7 nitrogen and oxygen atoms in total. The molecule has 0 saturated heterocycles. The lowest BCUT2D eigenvalue weighted by Crippen LogP contribution is -3.14. The Morgan fingerprint density at radius 3 is 2.12 bits per heavy atom. The normalized spacial score (nSPS) is 11.7. The summed E-state index contributed by atoms with van der Waals surface area (Å²) in [6.45, 7) is 6.88.